The quantitative estimate of drug-likeness (QED) is 0.574. The number of thioether (sulfide) groups is 1. The van der Waals surface area contributed by atoms with Crippen molar-refractivity contribution in [3.05, 3.63) is 23.8 Å². The summed E-state index contributed by atoms with van der Waals surface area (Å²) in [7, 11) is 0. The van der Waals surface area contributed by atoms with Crippen molar-refractivity contribution in [3.63, 3.8) is 0 Å². The fourth-order valence-corrected chi connectivity index (χ4v) is 2.49. The highest BCUT2D eigenvalue weighted by molar-refractivity contribution is 7.99. The molecule has 0 aliphatic heterocycles. The molecule has 0 bridgehead atoms. The molecule has 6 heteroatoms. The van der Waals surface area contributed by atoms with Crippen LogP contribution < -0.4 is 16.4 Å². The van der Waals surface area contributed by atoms with Crippen molar-refractivity contribution in [1.82, 2.24) is 5.32 Å². The average Bonchev–Trinajstić information content (AvgIpc) is 2.42. The summed E-state index contributed by atoms with van der Waals surface area (Å²) in [6.45, 7) is 4.53. The Hall–Kier alpha value is -1.40. The predicted octanol–water partition coefficient (Wildman–Crippen LogP) is 1.54. The molecule has 0 fully saturated rings. The van der Waals surface area contributed by atoms with Crippen molar-refractivity contribution in [2.24, 2.45) is 0 Å². The normalized spacial score (nSPS) is 13.6. The van der Waals surface area contributed by atoms with Gasteiger partial charge in [0, 0.05) is 23.4 Å². The number of aliphatic hydroxyl groups excluding tert-OH is 1. The molecule has 2 atom stereocenters. The first-order chi connectivity index (χ1) is 9.53. The number of nitrogens with two attached hydrogens (primary N) is 1. The van der Waals surface area contributed by atoms with Crippen LogP contribution in [0, 0.1) is 0 Å². The van der Waals surface area contributed by atoms with Crippen LogP contribution in [0.5, 0.6) is 0 Å². The summed E-state index contributed by atoms with van der Waals surface area (Å²) in [4.78, 5) is 11.8. The summed E-state index contributed by atoms with van der Waals surface area (Å²) in [6, 6.07) is 5.20. The molecule has 20 heavy (non-hydrogen) atoms. The molecule has 5 nitrogen and oxygen atoms in total. The Labute approximate surface area is 124 Å². The van der Waals surface area contributed by atoms with Gasteiger partial charge in [-0.1, -0.05) is 0 Å². The Kier molecular flexibility index (Phi) is 6.67. The second kappa shape index (κ2) is 8.01. The third kappa shape index (κ3) is 4.31. The Morgan fingerprint density at radius 2 is 2.20 bits per heavy atom. The molecule has 2 unspecified atom stereocenters. The summed E-state index contributed by atoms with van der Waals surface area (Å²) < 4.78 is 0. The molecular formula is C14H23N3O2S. The smallest absolute Gasteiger partial charge is 0.251 e. The fraction of sp³-hybridized carbons (Fsp3) is 0.500. The van der Waals surface area contributed by atoms with Crippen LogP contribution in [0.1, 0.15) is 24.2 Å². The number of carbonyl (C=O) groups is 1. The van der Waals surface area contributed by atoms with Gasteiger partial charge in [-0.3, -0.25) is 4.79 Å². The van der Waals surface area contributed by atoms with Gasteiger partial charge in [0.15, 0.2) is 0 Å². The third-order valence-electron chi connectivity index (χ3n) is 3.08. The van der Waals surface area contributed by atoms with Gasteiger partial charge in [-0.15, -0.1) is 0 Å². The largest absolute Gasteiger partial charge is 0.397 e. The lowest BCUT2D eigenvalue weighted by molar-refractivity contribution is 0.0956. The van der Waals surface area contributed by atoms with Gasteiger partial charge >= 0.3 is 0 Å². The van der Waals surface area contributed by atoms with Crippen molar-refractivity contribution in [3.8, 4) is 0 Å². The molecule has 0 spiro atoms. The van der Waals surface area contributed by atoms with E-state index in [9.17, 15) is 9.90 Å². The minimum atomic E-state index is -0.119. The highest BCUT2D eigenvalue weighted by Crippen LogP contribution is 2.23. The van der Waals surface area contributed by atoms with Crippen LogP contribution in [0.2, 0.25) is 0 Å². The van der Waals surface area contributed by atoms with Crippen molar-refractivity contribution in [2.75, 3.05) is 30.5 Å². The zero-order valence-electron chi connectivity index (χ0n) is 12.1. The lowest BCUT2D eigenvalue weighted by Crippen LogP contribution is -2.31. The molecule has 0 saturated heterocycles. The molecule has 0 aliphatic carbocycles. The molecule has 0 saturated carbocycles. The number of rotatable bonds is 7. The van der Waals surface area contributed by atoms with Crippen molar-refractivity contribution < 1.29 is 9.90 Å². The highest BCUT2D eigenvalue weighted by atomic mass is 32.2. The molecule has 1 rings (SSSR count). The van der Waals surface area contributed by atoms with Gasteiger partial charge in [-0.05, 0) is 38.3 Å². The van der Waals surface area contributed by atoms with Gasteiger partial charge in [0.05, 0.1) is 18.0 Å². The van der Waals surface area contributed by atoms with Gasteiger partial charge in [0.25, 0.3) is 5.91 Å². The SMILES string of the molecule is CCNC(=O)c1ccc(N)c(NC(C)C(CO)SC)c1. The average molecular weight is 297 g/mol. The number of nitrogen functional groups attached to an aromatic ring is 1. The monoisotopic (exact) mass is 297 g/mol. The zero-order valence-corrected chi connectivity index (χ0v) is 13.0. The van der Waals surface area contributed by atoms with E-state index in [-0.39, 0.29) is 23.8 Å². The van der Waals surface area contributed by atoms with E-state index in [1.165, 1.54) is 0 Å². The Balaban J connectivity index is 2.89. The Morgan fingerprint density at radius 3 is 2.75 bits per heavy atom. The fourth-order valence-electron chi connectivity index (χ4n) is 1.86. The van der Waals surface area contributed by atoms with Crippen LogP contribution in [0.4, 0.5) is 11.4 Å². The number of benzene rings is 1. The van der Waals surface area contributed by atoms with Crippen LogP contribution in [0.25, 0.3) is 0 Å². The molecule has 1 aromatic rings. The van der Waals surface area contributed by atoms with Gasteiger partial charge in [0.2, 0.25) is 0 Å². The summed E-state index contributed by atoms with van der Waals surface area (Å²) in [5.41, 5.74) is 7.80. The standard InChI is InChI=1S/C14H23N3O2S/c1-4-16-14(19)10-5-6-11(15)12(7-10)17-9(2)13(8-18)20-3/h5-7,9,13,17-18H,4,8,15H2,1-3H3,(H,16,19). The molecule has 112 valence electrons. The van der Waals surface area contributed by atoms with Crippen molar-refractivity contribution in [1.29, 1.82) is 0 Å². The van der Waals surface area contributed by atoms with E-state index >= 15 is 0 Å². The molecule has 0 radical (unpaired) electrons. The first-order valence-electron chi connectivity index (χ1n) is 6.61. The van der Waals surface area contributed by atoms with E-state index in [2.05, 4.69) is 10.6 Å². The van der Waals surface area contributed by atoms with Gasteiger partial charge < -0.3 is 21.5 Å². The minimum absolute atomic E-state index is 0.0433. The Morgan fingerprint density at radius 1 is 1.50 bits per heavy atom. The molecule has 1 aromatic carbocycles. The van der Waals surface area contributed by atoms with Gasteiger partial charge in [-0.25, -0.2) is 0 Å². The lowest BCUT2D eigenvalue weighted by atomic mass is 10.1. The summed E-state index contributed by atoms with van der Waals surface area (Å²) in [6.07, 6.45) is 1.95. The molecule has 0 heterocycles. The van der Waals surface area contributed by atoms with Crippen molar-refractivity contribution in [2.45, 2.75) is 25.1 Å². The van der Waals surface area contributed by atoms with E-state index in [0.717, 1.165) is 0 Å². The van der Waals surface area contributed by atoms with Gasteiger partial charge in [-0.2, -0.15) is 11.8 Å². The number of nitrogens with one attached hydrogen (secondary N) is 2. The second-order valence-corrected chi connectivity index (χ2v) is 5.63. The summed E-state index contributed by atoms with van der Waals surface area (Å²) in [5.74, 6) is -0.119. The Bertz CT molecular complexity index is 450. The number of amides is 1. The highest BCUT2D eigenvalue weighted by Gasteiger charge is 2.16. The number of hydrogen-bond donors (Lipinski definition) is 4. The molecule has 5 N–H and O–H groups in total. The van der Waals surface area contributed by atoms with E-state index in [4.69, 9.17) is 5.73 Å². The zero-order chi connectivity index (χ0) is 15.1. The van der Waals surface area contributed by atoms with E-state index < -0.39 is 0 Å². The first-order valence-corrected chi connectivity index (χ1v) is 7.90. The molecular weight excluding hydrogens is 274 g/mol. The molecule has 1 amide bonds. The lowest BCUT2D eigenvalue weighted by Gasteiger charge is -2.23. The second-order valence-electron chi connectivity index (χ2n) is 4.55. The van der Waals surface area contributed by atoms with E-state index in [0.29, 0.717) is 23.5 Å². The maximum absolute atomic E-state index is 11.8. The topological polar surface area (TPSA) is 87.4 Å². The van der Waals surface area contributed by atoms with Crippen LogP contribution in [-0.4, -0.2) is 41.7 Å². The maximum atomic E-state index is 11.8. The summed E-state index contributed by atoms with van der Waals surface area (Å²) in [5, 5.41) is 15.4. The number of hydrogen-bond acceptors (Lipinski definition) is 5. The van der Waals surface area contributed by atoms with Crippen LogP contribution >= 0.6 is 11.8 Å². The third-order valence-corrected chi connectivity index (χ3v) is 4.24. The van der Waals surface area contributed by atoms with E-state index in [1.807, 2.05) is 20.1 Å². The van der Waals surface area contributed by atoms with E-state index in [1.54, 1.807) is 30.0 Å². The minimum Gasteiger partial charge on any atom is -0.397 e. The van der Waals surface area contributed by atoms with Crippen molar-refractivity contribution >= 4 is 29.0 Å². The van der Waals surface area contributed by atoms with Crippen LogP contribution in [-0.2, 0) is 0 Å². The number of anilines is 2. The van der Waals surface area contributed by atoms with Gasteiger partial charge in [0.1, 0.15) is 0 Å². The molecule has 0 aromatic heterocycles. The number of aliphatic hydroxyl groups is 1. The first kappa shape index (κ1) is 16.7. The molecule has 0 aliphatic rings. The maximum Gasteiger partial charge on any atom is 0.251 e. The predicted molar refractivity (Wildman–Crippen MR) is 86.3 cm³/mol. The van der Waals surface area contributed by atoms with Crippen LogP contribution in [0.3, 0.4) is 0 Å². The summed E-state index contributed by atoms with van der Waals surface area (Å²) >= 11 is 1.59. The van der Waals surface area contributed by atoms with Crippen LogP contribution in [0.15, 0.2) is 18.2 Å². The number of carbonyl (C=O) groups excluding carboxylic acids is 1.